The number of benzene rings is 1. The summed E-state index contributed by atoms with van der Waals surface area (Å²) >= 11 is 0. The molecular formula is C9H5ClFNO3S. The minimum atomic E-state index is -3.93. The molecule has 7 heteroatoms. The zero-order valence-corrected chi connectivity index (χ0v) is 9.30. The number of rotatable bonds is 2. The monoisotopic (exact) mass is 261 g/mol. The molecule has 2 rings (SSSR count). The maximum absolute atomic E-state index is 12.6. The Bertz CT molecular complexity index is 606. The van der Waals surface area contributed by atoms with Gasteiger partial charge in [-0.1, -0.05) is 5.16 Å². The van der Waals surface area contributed by atoms with Crippen LogP contribution < -0.4 is 0 Å². The van der Waals surface area contributed by atoms with Gasteiger partial charge in [-0.15, -0.1) is 0 Å². The Morgan fingerprint density at radius 2 is 1.88 bits per heavy atom. The zero-order chi connectivity index (χ0) is 11.8. The van der Waals surface area contributed by atoms with E-state index in [1.807, 2.05) is 0 Å². The van der Waals surface area contributed by atoms with Crippen molar-refractivity contribution in [1.29, 1.82) is 0 Å². The summed E-state index contributed by atoms with van der Waals surface area (Å²) in [5.74, 6) is -0.391. The van der Waals surface area contributed by atoms with E-state index in [1.54, 1.807) is 0 Å². The maximum Gasteiger partial charge on any atom is 0.297 e. The third-order valence-corrected chi connectivity index (χ3v) is 3.00. The van der Waals surface area contributed by atoms with Gasteiger partial charge < -0.3 is 4.52 Å². The quantitative estimate of drug-likeness (QED) is 0.779. The Labute approximate surface area is 95.1 Å². The first-order valence-electron chi connectivity index (χ1n) is 4.14. The summed E-state index contributed by atoms with van der Waals surface area (Å²) in [6, 6.07) is 6.56. The topological polar surface area (TPSA) is 60.2 Å². The van der Waals surface area contributed by atoms with E-state index in [1.165, 1.54) is 30.3 Å². The van der Waals surface area contributed by atoms with E-state index in [-0.39, 0.29) is 5.69 Å². The van der Waals surface area contributed by atoms with Crippen molar-refractivity contribution in [2.45, 2.75) is 5.09 Å². The highest BCUT2D eigenvalue weighted by Gasteiger charge is 2.17. The smallest absolute Gasteiger partial charge is 0.297 e. The zero-order valence-electron chi connectivity index (χ0n) is 7.72. The van der Waals surface area contributed by atoms with Crippen LogP contribution in [0.25, 0.3) is 11.3 Å². The normalized spacial score (nSPS) is 11.6. The van der Waals surface area contributed by atoms with Crippen molar-refractivity contribution >= 4 is 19.7 Å². The molecule has 2 aromatic rings. The number of hydrogen-bond donors (Lipinski definition) is 0. The van der Waals surface area contributed by atoms with E-state index >= 15 is 0 Å². The van der Waals surface area contributed by atoms with Gasteiger partial charge in [0.25, 0.3) is 14.1 Å². The fourth-order valence-corrected chi connectivity index (χ4v) is 1.73. The van der Waals surface area contributed by atoms with Gasteiger partial charge in [0, 0.05) is 22.3 Å². The van der Waals surface area contributed by atoms with Crippen molar-refractivity contribution in [3.63, 3.8) is 0 Å². The Kier molecular flexibility index (Phi) is 2.69. The first kappa shape index (κ1) is 11.1. The van der Waals surface area contributed by atoms with Gasteiger partial charge in [-0.25, -0.2) is 12.8 Å². The number of aromatic nitrogens is 1. The van der Waals surface area contributed by atoms with Gasteiger partial charge in [0.1, 0.15) is 11.5 Å². The molecule has 0 fully saturated rings. The first-order valence-corrected chi connectivity index (χ1v) is 6.45. The van der Waals surface area contributed by atoms with Crippen LogP contribution in [0.15, 0.2) is 39.9 Å². The molecular weight excluding hydrogens is 257 g/mol. The Morgan fingerprint density at radius 1 is 1.25 bits per heavy atom. The van der Waals surface area contributed by atoms with Crippen molar-refractivity contribution in [3.05, 3.63) is 36.1 Å². The molecule has 0 atom stereocenters. The lowest BCUT2D eigenvalue weighted by Gasteiger charge is -1.93. The minimum Gasteiger partial charge on any atom is -0.343 e. The van der Waals surface area contributed by atoms with E-state index in [0.29, 0.717) is 5.56 Å². The maximum atomic E-state index is 12.6. The molecule has 16 heavy (non-hydrogen) atoms. The molecule has 0 aliphatic heterocycles. The summed E-state index contributed by atoms with van der Waals surface area (Å²) < 4.78 is 39.0. The molecule has 0 N–H and O–H groups in total. The molecule has 0 spiro atoms. The van der Waals surface area contributed by atoms with Crippen molar-refractivity contribution < 1.29 is 17.3 Å². The van der Waals surface area contributed by atoms with Gasteiger partial charge in [0.2, 0.25) is 0 Å². The summed E-state index contributed by atoms with van der Waals surface area (Å²) in [5, 5.41) is 3.08. The molecule has 0 amide bonds. The minimum absolute atomic E-state index is 0.277. The Balaban J connectivity index is 2.43. The van der Waals surface area contributed by atoms with Gasteiger partial charge in [-0.3, -0.25) is 0 Å². The number of nitrogens with zero attached hydrogens (tertiary/aromatic N) is 1. The first-order chi connectivity index (χ1) is 7.47. The Morgan fingerprint density at radius 3 is 2.38 bits per heavy atom. The van der Waals surface area contributed by atoms with Crippen LogP contribution in [0.1, 0.15) is 0 Å². The van der Waals surface area contributed by atoms with E-state index in [2.05, 4.69) is 9.68 Å². The highest BCUT2D eigenvalue weighted by atomic mass is 35.7. The summed E-state index contributed by atoms with van der Waals surface area (Å²) in [6.07, 6.45) is 0. The fourth-order valence-electron chi connectivity index (χ4n) is 1.13. The van der Waals surface area contributed by atoms with Crippen LogP contribution in [-0.2, 0) is 9.05 Å². The molecule has 1 aromatic carbocycles. The molecule has 1 heterocycles. The Hall–Kier alpha value is -1.40. The molecule has 0 saturated heterocycles. The lowest BCUT2D eigenvalue weighted by atomic mass is 10.1. The summed E-state index contributed by atoms with van der Waals surface area (Å²) in [7, 11) is 1.13. The molecule has 0 aliphatic rings. The molecule has 84 valence electrons. The summed E-state index contributed by atoms with van der Waals surface area (Å²) in [5.41, 5.74) is 0.816. The van der Waals surface area contributed by atoms with Crippen LogP contribution in [0, 0.1) is 5.82 Å². The standard InChI is InChI=1S/C9H5ClFNO3S/c10-16(13,14)9-5-8(12-15-9)6-1-3-7(11)4-2-6/h1-5H. The molecule has 0 radical (unpaired) electrons. The van der Waals surface area contributed by atoms with Crippen molar-refractivity contribution in [1.82, 2.24) is 5.16 Å². The highest BCUT2D eigenvalue weighted by Crippen LogP contribution is 2.23. The van der Waals surface area contributed by atoms with Crippen molar-refractivity contribution in [3.8, 4) is 11.3 Å². The molecule has 4 nitrogen and oxygen atoms in total. The van der Waals surface area contributed by atoms with Crippen LogP contribution in [0.2, 0.25) is 0 Å². The predicted octanol–water partition coefficient (Wildman–Crippen LogP) is 2.41. The third kappa shape index (κ3) is 2.23. The van der Waals surface area contributed by atoms with E-state index in [9.17, 15) is 12.8 Å². The van der Waals surface area contributed by atoms with Crippen LogP contribution in [0.5, 0.6) is 0 Å². The van der Waals surface area contributed by atoms with E-state index < -0.39 is 20.0 Å². The summed E-state index contributed by atoms with van der Waals surface area (Å²) in [4.78, 5) is 0. The van der Waals surface area contributed by atoms with Gasteiger partial charge in [-0.05, 0) is 24.3 Å². The second-order valence-corrected chi connectivity index (χ2v) is 5.47. The summed E-state index contributed by atoms with van der Waals surface area (Å²) in [6.45, 7) is 0. The molecule has 0 bridgehead atoms. The van der Waals surface area contributed by atoms with Crippen molar-refractivity contribution in [2.75, 3.05) is 0 Å². The molecule has 0 aliphatic carbocycles. The number of halogens is 2. The largest absolute Gasteiger partial charge is 0.343 e. The fraction of sp³-hybridized carbons (Fsp3) is 0. The van der Waals surface area contributed by atoms with E-state index in [0.717, 1.165) is 0 Å². The van der Waals surface area contributed by atoms with Crippen LogP contribution in [0.3, 0.4) is 0 Å². The predicted molar refractivity (Wildman–Crippen MR) is 54.9 cm³/mol. The second-order valence-electron chi connectivity index (χ2n) is 2.98. The van der Waals surface area contributed by atoms with Gasteiger partial charge in [-0.2, -0.15) is 0 Å². The lowest BCUT2D eigenvalue weighted by molar-refractivity contribution is 0.343. The van der Waals surface area contributed by atoms with Crippen molar-refractivity contribution in [2.24, 2.45) is 0 Å². The second kappa shape index (κ2) is 3.88. The van der Waals surface area contributed by atoms with E-state index in [4.69, 9.17) is 10.7 Å². The third-order valence-electron chi connectivity index (χ3n) is 1.87. The van der Waals surface area contributed by atoms with Crippen LogP contribution >= 0.6 is 10.7 Å². The van der Waals surface area contributed by atoms with Crippen LogP contribution in [0.4, 0.5) is 4.39 Å². The molecule has 0 unspecified atom stereocenters. The van der Waals surface area contributed by atoms with Gasteiger partial charge in [0.05, 0.1) is 0 Å². The van der Waals surface area contributed by atoms with Crippen LogP contribution in [-0.4, -0.2) is 13.6 Å². The SMILES string of the molecule is O=S(=O)(Cl)c1cc(-c2ccc(F)cc2)no1. The lowest BCUT2D eigenvalue weighted by Crippen LogP contribution is -1.85. The molecule has 0 saturated carbocycles. The molecule has 1 aromatic heterocycles. The number of hydrogen-bond acceptors (Lipinski definition) is 4. The average Bonchev–Trinajstić information content (AvgIpc) is 2.67. The van der Waals surface area contributed by atoms with Gasteiger partial charge in [0.15, 0.2) is 0 Å². The van der Waals surface area contributed by atoms with Gasteiger partial charge >= 0.3 is 0 Å². The highest BCUT2D eigenvalue weighted by molar-refractivity contribution is 8.13. The average molecular weight is 262 g/mol.